The Morgan fingerprint density at radius 3 is 2.58 bits per heavy atom. The number of likely N-dealkylation sites (tertiary alicyclic amines) is 1. The lowest BCUT2D eigenvalue weighted by Crippen LogP contribution is -2.51. The number of carbonyl (C=O) groups excluding carboxylic acids is 2. The molecule has 1 fully saturated rings. The lowest BCUT2D eigenvalue weighted by Gasteiger charge is -2.25. The first-order valence-corrected chi connectivity index (χ1v) is 14.3. The number of ether oxygens (including phenoxy) is 2. The first-order valence-electron chi connectivity index (χ1n) is 14.0. The molecule has 230 valence electrons. The number of pyridine rings is 1. The maximum atomic E-state index is 13.6. The number of halogens is 4. The third-order valence-electron chi connectivity index (χ3n) is 6.80. The molecule has 2 N–H and O–H groups in total. The molecule has 43 heavy (non-hydrogen) atoms. The van der Waals surface area contributed by atoms with E-state index in [1.165, 1.54) is 18.3 Å². The predicted octanol–water partition coefficient (Wildman–Crippen LogP) is 5.71. The zero-order valence-electron chi connectivity index (χ0n) is 23.9. The van der Waals surface area contributed by atoms with Crippen LogP contribution in [0.2, 0.25) is 5.02 Å². The fourth-order valence-electron chi connectivity index (χ4n) is 4.54. The van der Waals surface area contributed by atoms with E-state index in [1.54, 1.807) is 4.90 Å². The first kappa shape index (κ1) is 32.2. The highest BCUT2D eigenvalue weighted by atomic mass is 35.5. The van der Waals surface area contributed by atoms with Gasteiger partial charge in [-0.25, -0.2) is 4.98 Å². The van der Waals surface area contributed by atoms with Gasteiger partial charge >= 0.3 is 6.18 Å². The van der Waals surface area contributed by atoms with Crippen molar-refractivity contribution >= 4 is 23.4 Å². The molecule has 2 aromatic carbocycles. The van der Waals surface area contributed by atoms with Gasteiger partial charge in [-0.3, -0.25) is 9.59 Å². The highest BCUT2D eigenvalue weighted by Gasteiger charge is 2.33. The molecule has 2 heterocycles. The van der Waals surface area contributed by atoms with Gasteiger partial charge < -0.3 is 25.0 Å². The third-order valence-corrected chi connectivity index (χ3v) is 7.09. The Hall–Kier alpha value is -3.67. The maximum absolute atomic E-state index is 13.6. The van der Waals surface area contributed by atoms with Crippen LogP contribution in [-0.4, -0.2) is 60.0 Å². The average molecular weight is 619 g/mol. The van der Waals surface area contributed by atoms with Crippen molar-refractivity contribution in [2.24, 2.45) is 5.92 Å². The number of rotatable bonds is 12. The number of nitrogens with one attached hydrogen (secondary N) is 2. The molecule has 12 heteroatoms. The van der Waals surface area contributed by atoms with E-state index in [9.17, 15) is 22.8 Å². The lowest BCUT2D eigenvalue weighted by atomic mass is 10.2. The van der Waals surface area contributed by atoms with Crippen molar-refractivity contribution in [3.63, 3.8) is 0 Å². The van der Waals surface area contributed by atoms with E-state index in [0.29, 0.717) is 19.0 Å². The van der Waals surface area contributed by atoms with Crippen LogP contribution in [0.4, 0.5) is 13.2 Å². The van der Waals surface area contributed by atoms with Crippen LogP contribution in [0, 0.1) is 5.92 Å². The van der Waals surface area contributed by atoms with Crippen molar-refractivity contribution < 1.29 is 32.2 Å². The SMILES string of the molecule is CC(C)CNC1CCN(C(=O)C(COCc2ccccc2)NC(=O)c2cccnc2Oc2ccc(C(F)(F)F)cc2Cl)C1. The van der Waals surface area contributed by atoms with Gasteiger partial charge in [-0.05, 0) is 54.8 Å². The average Bonchev–Trinajstić information content (AvgIpc) is 3.45. The smallest absolute Gasteiger partial charge is 0.416 e. The summed E-state index contributed by atoms with van der Waals surface area (Å²) in [6, 6.07) is 14.1. The summed E-state index contributed by atoms with van der Waals surface area (Å²) in [5.41, 5.74) is -0.0583. The molecule has 2 atom stereocenters. The van der Waals surface area contributed by atoms with Crippen molar-refractivity contribution in [1.82, 2.24) is 20.5 Å². The summed E-state index contributed by atoms with van der Waals surface area (Å²) >= 11 is 6.05. The van der Waals surface area contributed by atoms with Crippen molar-refractivity contribution in [2.45, 2.75) is 45.1 Å². The predicted molar refractivity (Wildman–Crippen MR) is 156 cm³/mol. The Morgan fingerprint density at radius 2 is 1.88 bits per heavy atom. The van der Waals surface area contributed by atoms with Crippen LogP contribution >= 0.6 is 11.6 Å². The normalized spacial score (nSPS) is 15.9. The van der Waals surface area contributed by atoms with Crippen molar-refractivity contribution in [2.75, 3.05) is 26.2 Å². The Labute approximate surface area is 253 Å². The number of benzene rings is 2. The van der Waals surface area contributed by atoms with E-state index in [2.05, 4.69) is 29.5 Å². The number of hydrogen-bond acceptors (Lipinski definition) is 6. The number of aromatic nitrogens is 1. The summed E-state index contributed by atoms with van der Waals surface area (Å²) in [5.74, 6) is -0.777. The van der Waals surface area contributed by atoms with Crippen molar-refractivity contribution in [3.8, 4) is 11.6 Å². The van der Waals surface area contributed by atoms with Crippen LogP contribution in [0.15, 0.2) is 66.9 Å². The minimum Gasteiger partial charge on any atom is -0.437 e. The van der Waals surface area contributed by atoms with Crippen LogP contribution in [-0.2, 0) is 22.3 Å². The number of carbonyl (C=O) groups is 2. The van der Waals surface area contributed by atoms with Gasteiger partial charge in [0, 0.05) is 25.3 Å². The van der Waals surface area contributed by atoms with Crippen LogP contribution < -0.4 is 15.4 Å². The second-order valence-corrected chi connectivity index (χ2v) is 11.1. The first-order chi connectivity index (χ1) is 20.5. The molecule has 1 aromatic heterocycles. The van der Waals surface area contributed by atoms with Gasteiger partial charge in [-0.15, -0.1) is 0 Å². The zero-order chi connectivity index (χ0) is 31.0. The van der Waals surface area contributed by atoms with Gasteiger partial charge in [0.2, 0.25) is 11.8 Å². The van der Waals surface area contributed by atoms with Crippen LogP contribution in [0.1, 0.15) is 41.8 Å². The monoisotopic (exact) mass is 618 g/mol. The van der Waals surface area contributed by atoms with Crippen LogP contribution in [0.3, 0.4) is 0 Å². The molecule has 4 rings (SSSR count). The highest BCUT2D eigenvalue weighted by molar-refractivity contribution is 6.32. The minimum atomic E-state index is -4.58. The molecule has 0 aliphatic carbocycles. The molecule has 8 nitrogen and oxygen atoms in total. The lowest BCUT2D eigenvalue weighted by molar-refractivity contribution is -0.137. The standard InChI is InChI=1S/C31H34ClF3N4O4/c1-20(2)16-37-23-12-14-39(17-23)30(41)26(19-42-18-21-7-4-3-5-8-21)38-28(40)24-9-6-13-36-29(24)43-27-11-10-22(15-25(27)32)31(33,34)35/h3-11,13,15,20,23,26,37H,12,14,16-19H2,1-2H3,(H,38,40). The summed E-state index contributed by atoms with van der Waals surface area (Å²) in [6.07, 6.45) is -2.43. The molecular weight excluding hydrogens is 585 g/mol. The zero-order valence-corrected chi connectivity index (χ0v) is 24.6. The van der Waals surface area contributed by atoms with Crippen molar-refractivity contribution in [3.05, 3.63) is 88.6 Å². The number of amides is 2. The van der Waals surface area contributed by atoms with Gasteiger partial charge in [-0.2, -0.15) is 13.2 Å². The topological polar surface area (TPSA) is 92.8 Å². The summed E-state index contributed by atoms with van der Waals surface area (Å²) < 4.78 is 50.7. The largest absolute Gasteiger partial charge is 0.437 e. The Bertz CT molecular complexity index is 1390. The summed E-state index contributed by atoms with van der Waals surface area (Å²) in [5, 5.41) is 5.92. The number of hydrogen-bond donors (Lipinski definition) is 2. The summed E-state index contributed by atoms with van der Waals surface area (Å²) in [4.78, 5) is 32.9. The molecule has 0 bridgehead atoms. The summed E-state index contributed by atoms with van der Waals surface area (Å²) in [6.45, 7) is 6.26. The molecule has 2 amide bonds. The van der Waals surface area contributed by atoms with E-state index < -0.39 is 23.7 Å². The Morgan fingerprint density at radius 1 is 1.12 bits per heavy atom. The molecule has 1 aliphatic rings. The molecule has 2 unspecified atom stereocenters. The van der Waals surface area contributed by atoms with E-state index in [4.69, 9.17) is 21.1 Å². The minimum absolute atomic E-state index is 0.0303. The number of nitrogens with zero attached hydrogens (tertiary/aromatic N) is 2. The molecule has 0 radical (unpaired) electrons. The summed E-state index contributed by atoms with van der Waals surface area (Å²) in [7, 11) is 0. The highest BCUT2D eigenvalue weighted by Crippen LogP contribution is 2.36. The van der Waals surface area contributed by atoms with Gasteiger partial charge in [0.05, 0.1) is 23.8 Å². The quantitative estimate of drug-likeness (QED) is 0.270. The number of alkyl halides is 3. The second-order valence-electron chi connectivity index (χ2n) is 10.7. The van der Waals surface area contributed by atoms with Gasteiger partial charge in [0.15, 0.2) is 0 Å². The second kappa shape index (κ2) is 14.7. The fraction of sp³-hybridized carbons (Fsp3) is 0.387. The molecule has 3 aromatic rings. The van der Waals surface area contributed by atoms with Gasteiger partial charge in [0.1, 0.15) is 17.4 Å². The maximum Gasteiger partial charge on any atom is 0.416 e. The molecule has 1 aliphatic heterocycles. The van der Waals surface area contributed by atoms with Gasteiger partial charge in [0.25, 0.3) is 5.91 Å². The molecule has 0 saturated carbocycles. The van der Waals surface area contributed by atoms with Gasteiger partial charge in [-0.1, -0.05) is 55.8 Å². The third kappa shape index (κ3) is 9.16. The Balaban J connectivity index is 1.49. The van der Waals surface area contributed by atoms with E-state index in [0.717, 1.165) is 36.7 Å². The molecular formula is C31H34ClF3N4O4. The molecule has 1 saturated heterocycles. The molecule has 0 spiro atoms. The fourth-order valence-corrected chi connectivity index (χ4v) is 4.76. The van der Waals surface area contributed by atoms with Crippen LogP contribution in [0.25, 0.3) is 0 Å². The van der Waals surface area contributed by atoms with Crippen LogP contribution in [0.5, 0.6) is 11.6 Å². The van der Waals surface area contributed by atoms with E-state index >= 15 is 0 Å². The van der Waals surface area contributed by atoms with E-state index in [-0.39, 0.29) is 47.4 Å². The Kier molecular flexibility index (Phi) is 11.0. The van der Waals surface area contributed by atoms with E-state index in [1.807, 2.05) is 30.3 Å². The van der Waals surface area contributed by atoms with Crippen molar-refractivity contribution in [1.29, 1.82) is 0 Å².